The van der Waals surface area contributed by atoms with Crippen LogP contribution in [-0.2, 0) is 9.53 Å². The maximum absolute atomic E-state index is 13.2. The van der Waals surface area contributed by atoms with Crippen molar-refractivity contribution in [1.29, 1.82) is 0 Å². The van der Waals surface area contributed by atoms with E-state index in [0.29, 0.717) is 41.5 Å². The summed E-state index contributed by atoms with van der Waals surface area (Å²) < 4.78 is 5.99. The number of unbranched alkanes of at least 4 members (excludes halogenated alkanes) is 1. The number of esters is 1. The van der Waals surface area contributed by atoms with Crippen LogP contribution in [0.25, 0.3) is 0 Å². The number of aliphatic hydroxyl groups is 1. The average Bonchev–Trinajstić information content (AvgIpc) is 2.84. The van der Waals surface area contributed by atoms with E-state index in [1.807, 2.05) is 0 Å². The van der Waals surface area contributed by atoms with E-state index in [-0.39, 0.29) is 17.6 Å². The second-order valence-electron chi connectivity index (χ2n) is 10.5. The summed E-state index contributed by atoms with van der Waals surface area (Å²) in [6.45, 7) is 12.7. The first kappa shape index (κ1) is 29.5. The number of azo groups is 1. The van der Waals surface area contributed by atoms with Gasteiger partial charge in [-0.2, -0.15) is 0 Å². The molecule has 1 aromatic rings. The quantitative estimate of drug-likeness (QED) is 0.134. The number of benzene rings is 1. The molecule has 1 aromatic carbocycles. The molecular formula is C29H45N3O4. The summed E-state index contributed by atoms with van der Waals surface area (Å²) in [4.78, 5) is 25.9. The Morgan fingerprint density at radius 1 is 1.19 bits per heavy atom. The van der Waals surface area contributed by atoms with Crippen LogP contribution >= 0.6 is 0 Å². The molecule has 2 N–H and O–H groups in total. The number of hydrogen-bond acceptors (Lipinski definition) is 6. The Bertz CT molecular complexity index is 921. The highest BCUT2D eigenvalue weighted by molar-refractivity contribution is 5.95. The lowest BCUT2D eigenvalue weighted by atomic mass is 9.75. The molecule has 0 heterocycles. The van der Waals surface area contributed by atoms with E-state index in [9.17, 15) is 14.7 Å². The Morgan fingerprint density at radius 3 is 2.56 bits per heavy atom. The number of amides is 1. The molecule has 0 aliphatic heterocycles. The third-order valence-electron chi connectivity index (χ3n) is 7.25. The normalized spacial score (nSPS) is 21.8. The van der Waals surface area contributed by atoms with Gasteiger partial charge in [0.25, 0.3) is 5.91 Å². The van der Waals surface area contributed by atoms with E-state index in [1.54, 1.807) is 24.3 Å². The van der Waals surface area contributed by atoms with Gasteiger partial charge in [-0.15, -0.1) is 10.2 Å². The lowest BCUT2D eigenvalue weighted by Crippen LogP contribution is -2.35. The van der Waals surface area contributed by atoms with Crippen molar-refractivity contribution in [3.8, 4) is 0 Å². The van der Waals surface area contributed by atoms with E-state index >= 15 is 0 Å². The summed E-state index contributed by atoms with van der Waals surface area (Å²) in [7, 11) is 0. The largest absolute Gasteiger partial charge is 0.510 e. The lowest BCUT2D eigenvalue weighted by molar-refractivity contribution is -0.118. The molecule has 7 nitrogen and oxygen atoms in total. The molecule has 0 saturated heterocycles. The minimum atomic E-state index is -0.482. The highest BCUT2D eigenvalue weighted by atomic mass is 16.5. The van der Waals surface area contributed by atoms with Crippen molar-refractivity contribution in [2.24, 2.45) is 33.9 Å². The summed E-state index contributed by atoms with van der Waals surface area (Å²) in [6, 6.07) is 6.81. The molecule has 0 aromatic heterocycles. The van der Waals surface area contributed by atoms with Crippen LogP contribution < -0.4 is 5.32 Å². The van der Waals surface area contributed by atoms with E-state index in [4.69, 9.17) is 4.74 Å². The van der Waals surface area contributed by atoms with Crippen LogP contribution in [-0.4, -0.2) is 29.6 Å². The topological polar surface area (TPSA) is 100 Å². The van der Waals surface area contributed by atoms with Crippen molar-refractivity contribution in [3.63, 3.8) is 0 Å². The Kier molecular flexibility index (Phi) is 12.1. The average molecular weight is 500 g/mol. The van der Waals surface area contributed by atoms with Gasteiger partial charge in [0.15, 0.2) is 5.70 Å². The first-order valence-electron chi connectivity index (χ1n) is 13.6. The van der Waals surface area contributed by atoms with Crippen LogP contribution in [0, 0.1) is 23.7 Å². The van der Waals surface area contributed by atoms with Crippen LogP contribution in [0.5, 0.6) is 0 Å². The number of nitrogens with zero attached hydrogens (tertiary/aromatic N) is 2. The Morgan fingerprint density at radius 2 is 1.92 bits per heavy atom. The van der Waals surface area contributed by atoms with Crippen molar-refractivity contribution < 1.29 is 19.4 Å². The minimum absolute atomic E-state index is 0.133. The number of nitrogens with one attached hydrogen (secondary N) is 1. The maximum Gasteiger partial charge on any atom is 0.340 e. The van der Waals surface area contributed by atoms with Gasteiger partial charge in [-0.25, -0.2) is 4.79 Å². The lowest BCUT2D eigenvalue weighted by Gasteiger charge is -2.36. The highest BCUT2D eigenvalue weighted by Gasteiger charge is 2.34. The van der Waals surface area contributed by atoms with Gasteiger partial charge in [-0.3, -0.25) is 4.79 Å². The van der Waals surface area contributed by atoms with Crippen molar-refractivity contribution in [2.75, 3.05) is 6.54 Å². The van der Waals surface area contributed by atoms with E-state index in [2.05, 4.69) is 50.2 Å². The Hall–Kier alpha value is -2.70. The molecule has 1 aliphatic carbocycles. The summed E-state index contributed by atoms with van der Waals surface area (Å²) >= 11 is 0. The summed E-state index contributed by atoms with van der Waals surface area (Å²) in [6.07, 6.45) is 7.15. The molecule has 4 unspecified atom stereocenters. The molecule has 7 heteroatoms. The number of carbonyl (C=O) groups is 2. The molecule has 36 heavy (non-hydrogen) atoms. The first-order valence-corrected chi connectivity index (χ1v) is 13.6. The second kappa shape index (κ2) is 14.8. The fraction of sp³-hybridized carbons (Fsp3) is 0.655. The van der Waals surface area contributed by atoms with Crippen LogP contribution in [0.4, 0.5) is 5.69 Å². The van der Waals surface area contributed by atoms with E-state index in [1.165, 1.54) is 6.92 Å². The van der Waals surface area contributed by atoms with Crippen LogP contribution in [0.3, 0.4) is 0 Å². The van der Waals surface area contributed by atoms with Gasteiger partial charge in [0, 0.05) is 6.54 Å². The van der Waals surface area contributed by atoms with Crippen LogP contribution in [0.15, 0.2) is 46.0 Å². The monoisotopic (exact) mass is 499 g/mol. The molecule has 200 valence electrons. The number of rotatable bonds is 12. The van der Waals surface area contributed by atoms with E-state index in [0.717, 1.165) is 44.9 Å². The van der Waals surface area contributed by atoms with Gasteiger partial charge in [-0.05, 0) is 62.0 Å². The number of aliphatic hydroxyl groups excluding tert-OH is 1. The molecule has 0 spiro atoms. The first-order chi connectivity index (χ1) is 17.2. The second-order valence-corrected chi connectivity index (χ2v) is 10.5. The summed E-state index contributed by atoms with van der Waals surface area (Å²) in [5, 5.41) is 21.2. The fourth-order valence-corrected chi connectivity index (χ4v) is 4.83. The van der Waals surface area contributed by atoms with Gasteiger partial charge < -0.3 is 15.2 Å². The van der Waals surface area contributed by atoms with E-state index < -0.39 is 11.9 Å². The van der Waals surface area contributed by atoms with Gasteiger partial charge in [0.2, 0.25) is 0 Å². The maximum atomic E-state index is 13.2. The predicted octanol–water partition coefficient (Wildman–Crippen LogP) is 7.51. The predicted molar refractivity (Wildman–Crippen MR) is 143 cm³/mol. The zero-order valence-electron chi connectivity index (χ0n) is 22.9. The Balaban J connectivity index is 2.15. The third-order valence-corrected chi connectivity index (χ3v) is 7.25. The fourth-order valence-electron chi connectivity index (χ4n) is 4.83. The number of carbonyl (C=O) groups excluding carboxylic acids is 2. The van der Waals surface area contributed by atoms with Gasteiger partial charge in [-0.1, -0.05) is 72.4 Å². The molecule has 1 saturated carbocycles. The molecule has 1 aliphatic rings. The van der Waals surface area contributed by atoms with Gasteiger partial charge in [0.1, 0.15) is 17.6 Å². The van der Waals surface area contributed by atoms with Crippen molar-refractivity contribution in [2.45, 2.75) is 92.6 Å². The molecule has 0 bridgehead atoms. The van der Waals surface area contributed by atoms with Gasteiger partial charge >= 0.3 is 5.97 Å². The number of hydrogen-bond donors (Lipinski definition) is 2. The SMILES string of the molecule is CCCCC(CC)CNC(=O)/C(N=Nc1ccccc1C(=O)OC1CC(C)CCC1C(C)C)=C(/C)O. The van der Waals surface area contributed by atoms with Crippen LogP contribution in [0.2, 0.25) is 0 Å². The summed E-state index contributed by atoms with van der Waals surface area (Å²) in [5.74, 6) is 0.501. The minimum Gasteiger partial charge on any atom is -0.510 e. The summed E-state index contributed by atoms with van der Waals surface area (Å²) in [5.41, 5.74) is 0.431. The van der Waals surface area contributed by atoms with Crippen molar-refractivity contribution >= 4 is 17.6 Å². The smallest absolute Gasteiger partial charge is 0.340 e. The zero-order chi connectivity index (χ0) is 26.7. The highest BCUT2D eigenvalue weighted by Crippen LogP contribution is 2.36. The van der Waals surface area contributed by atoms with Crippen LogP contribution in [0.1, 0.15) is 96.8 Å². The van der Waals surface area contributed by atoms with Gasteiger partial charge in [0.05, 0.1) is 5.56 Å². The zero-order valence-corrected chi connectivity index (χ0v) is 22.9. The molecular weight excluding hydrogens is 454 g/mol. The molecule has 1 fully saturated rings. The molecule has 1 amide bonds. The standard InChI is InChI=1S/C29H45N3O4/c1-7-9-12-22(8-2)18-30-28(34)27(21(6)33)32-31-25-14-11-10-13-24(25)29(35)36-26-17-20(5)15-16-23(26)19(3)4/h10-11,13-14,19-20,22-23,26,33H,7-9,12,15-18H2,1-6H3,(H,30,34)/b27-21+,32-31?. The molecule has 4 atom stereocenters. The van der Waals surface area contributed by atoms with Crippen molar-refractivity contribution in [3.05, 3.63) is 41.3 Å². The number of ether oxygens (including phenoxy) is 1. The molecule has 0 radical (unpaired) electrons. The Labute approximate surface area is 216 Å². The molecule has 2 rings (SSSR count). The van der Waals surface area contributed by atoms with Crippen molar-refractivity contribution in [1.82, 2.24) is 5.32 Å². The number of allylic oxidation sites excluding steroid dienone is 1. The third kappa shape index (κ3) is 8.75.